The Labute approximate surface area is 93.3 Å². The third-order valence-corrected chi connectivity index (χ3v) is 3.12. The standard InChI is InChI=1S/C11H13N5/c12-10-9(5-2-6-13-10)11-15-14-7-16(11)8-3-1-4-8/h2,5-8H,1,3-4H2,(H2,12,13). The summed E-state index contributed by atoms with van der Waals surface area (Å²) >= 11 is 0. The molecule has 1 aliphatic rings. The average molecular weight is 215 g/mol. The van der Waals surface area contributed by atoms with Gasteiger partial charge in [0.2, 0.25) is 0 Å². The third-order valence-electron chi connectivity index (χ3n) is 3.12. The van der Waals surface area contributed by atoms with E-state index < -0.39 is 0 Å². The van der Waals surface area contributed by atoms with E-state index in [1.54, 1.807) is 12.5 Å². The first-order valence-electron chi connectivity index (χ1n) is 5.46. The molecule has 5 nitrogen and oxygen atoms in total. The minimum Gasteiger partial charge on any atom is -0.383 e. The monoisotopic (exact) mass is 215 g/mol. The lowest BCUT2D eigenvalue weighted by atomic mass is 9.92. The number of nitrogens with zero attached hydrogens (tertiary/aromatic N) is 4. The first-order valence-corrected chi connectivity index (χ1v) is 5.46. The van der Waals surface area contributed by atoms with Gasteiger partial charge in [0, 0.05) is 12.2 Å². The molecule has 2 aromatic heterocycles. The van der Waals surface area contributed by atoms with Gasteiger partial charge in [0.05, 0.1) is 5.56 Å². The van der Waals surface area contributed by atoms with E-state index >= 15 is 0 Å². The molecule has 0 atom stereocenters. The van der Waals surface area contributed by atoms with E-state index in [4.69, 9.17) is 5.73 Å². The van der Waals surface area contributed by atoms with E-state index in [1.165, 1.54) is 19.3 Å². The fourth-order valence-corrected chi connectivity index (χ4v) is 1.97. The second kappa shape index (κ2) is 3.59. The molecule has 1 saturated carbocycles. The van der Waals surface area contributed by atoms with E-state index in [0.29, 0.717) is 11.9 Å². The molecule has 0 unspecified atom stereocenters. The van der Waals surface area contributed by atoms with Gasteiger partial charge in [-0.1, -0.05) is 0 Å². The van der Waals surface area contributed by atoms with E-state index in [9.17, 15) is 0 Å². The van der Waals surface area contributed by atoms with Gasteiger partial charge >= 0.3 is 0 Å². The summed E-state index contributed by atoms with van der Waals surface area (Å²) in [6.07, 6.45) is 7.15. The van der Waals surface area contributed by atoms with Gasteiger partial charge in [0.25, 0.3) is 0 Å². The zero-order valence-corrected chi connectivity index (χ0v) is 8.87. The number of hydrogen-bond acceptors (Lipinski definition) is 4. The summed E-state index contributed by atoms with van der Waals surface area (Å²) in [7, 11) is 0. The second-order valence-corrected chi connectivity index (χ2v) is 4.08. The van der Waals surface area contributed by atoms with Gasteiger partial charge in [-0.25, -0.2) is 4.98 Å². The quantitative estimate of drug-likeness (QED) is 0.826. The molecule has 16 heavy (non-hydrogen) atoms. The molecule has 2 N–H and O–H groups in total. The van der Waals surface area contributed by atoms with Crippen molar-refractivity contribution in [2.75, 3.05) is 5.73 Å². The van der Waals surface area contributed by atoms with Crippen LogP contribution in [0.1, 0.15) is 25.3 Å². The van der Waals surface area contributed by atoms with Crippen LogP contribution in [0.4, 0.5) is 5.82 Å². The van der Waals surface area contributed by atoms with Gasteiger partial charge in [-0.3, -0.25) is 0 Å². The van der Waals surface area contributed by atoms with Crippen LogP contribution in [0.3, 0.4) is 0 Å². The Morgan fingerprint density at radius 3 is 2.94 bits per heavy atom. The number of pyridine rings is 1. The van der Waals surface area contributed by atoms with Gasteiger partial charge in [-0.05, 0) is 31.4 Å². The van der Waals surface area contributed by atoms with Crippen LogP contribution in [0.5, 0.6) is 0 Å². The fraction of sp³-hybridized carbons (Fsp3) is 0.364. The van der Waals surface area contributed by atoms with E-state index in [2.05, 4.69) is 19.7 Å². The minimum atomic E-state index is 0.510. The molecule has 2 aromatic rings. The summed E-state index contributed by atoms with van der Waals surface area (Å²) in [6, 6.07) is 4.33. The van der Waals surface area contributed by atoms with Gasteiger partial charge in [-0.15, -0.1) is 10.2 Å². The van der Waals surface area contributed by atoms with Gasteiger partial charge in [0.15, 0.2) is 5.82 Å². The highest BCUT2D eigenvalue weighted by atomic mass is 15.3. The normalized spacial score (nSPS) is 16.0. The number of hydrogen-bond donors (Lipinski definition) is 1. The maximum Gasteiger partial charge on any atom is 0.167 e. The van der Waals surface area contributed by atoms with Crippen molar-refractivity contribution in [3.05, 3.63) is 24.7 Å². The lowest BCUT2D eigenvalue weighted by molar-refractivity contribution is 0.315. The molecule has 82 valence electrons. The van der Waals surface area contributed by atoms with Crippen LogP contribution in [0, 0.1) is 0 Å². The van der Waals surface area contributed by atoms with E-state index in [0.717, 1.165) is 11.4 Å². The number of nitrogen functional groups attached to an aromatic ring is 1. The summed E-state index contributed by atoms with van der Waals surface area (Å²) < 4.78 is 2.11. The Kier molecular flexibility index (Phi) is 2.09. The number of rotatable bonds is 2. The zero-order chi connectivity index (χ0) is 11.0. The van der Waals surface area contributed by atoms with Crippen molar-refractivity contribution in [2.24, 2.45) is 0 Å². The van der Waals surface area contributed by atoms with Crippen molar-refractivity contribution in [3.8, 4) is 11.4 Å². The van der Waals surface area contributed by atoms with Crippen molar-refractivity contribution in [2.45, 2.75) is 25.3 Å². The SMILES string of the molecule is Nc1ncccc1-c1nncn1C1CCC1. The Hall–Kier alpha value is -1.91. The maximum absolute atomic E-state index is 5.85. The smallest absolute Gasteiger partial charge is 0.167 e. The van der Waals surface area contributed by atoms with Crippen molar-refractivity contribution in [1.82, 2.24) is 19.7 Å². The Morgan fingerprint density at radius 1 is 1.38 bits per heavy atom. The molecule has 0 aliphatic heterocycles. The summed E-state index contributed by atoms with van der Waals surface area (Å²) in [4.78, 5) is 4.08. The molecule has 0 amide bonds. The van der Waals surface area contributed by atoms with Gasteiger partial charge in [-0.2, -0.15) is 0 Å². The number of nitrogens with two attached hydrogens (primary N) is 1. The summed E-state index contributed by atoms with van der Waals surface area (Å²) in [5, 5.41) is 8.12. The predicted molar refractivity (Wildman–Crippen MR) is 60.6 cm³/mol. The molecule has 0 radical (unpaired) electrons. The van der Waals surface area contributed by atoms with Crippen LogP contribution in [0.25, 0.3) is 11.4 Å². The van der Waals surface area contributed by atoms with Gasteiger partial charge < -0.3 is 10.3 Å². The molecule has 3 rings (SSSR count). The second-order valence-electron chi connectivity index (χ2n) is 4.08. The summed E-state index contributed by atoms with van der Waals surface area (Å²) in [5.74, 6) is 1.34. The van der Waals surface area contributed by atoms with Crippen molar-refractivity contribution in [1.29, 1.82) is 0 Å². The van der Waals surface area contributed by atoms with Crippen LogP contribution in [-0.2, 0) is 0 Å². The minimum absolute atomic E-state index is 0.510. The topological polar surface area (TPSA) is 69.6 Å². The Morgan fingerprint density at radius 2 is 2.25 bits per heavy atom. The van der Waals surface area contributed by atoms with Crippen molar-refractivity contribution >= 4 is 5.82 Å². The summed E-state index contributed by atoms with van der Waals surface area (Å²) in [6.45, 7) is 0. The highest BCUT2D eigenvalue weighted by Gasteiger charge is 2.23. The first kappa shape index (κ1) is 9.33. The molecular formula is C11H13N5. The average Bonchev–Trinajstić information content (AvgIpc) is 2.65. The molecule has 0 bridgehead atoms. The number of anilines is 1. The van der Waals surface area contributed by atoms with Crippen molar-refractivity contribution in [3.63, 3.8) is 0 Å². The van der Waals surface area contributed by atoms with Gasteiger partial charge in [0.1, 0.15) is 12.1 Å². The van der Waals surface area contributed by atoms with Crippen LogP contribution in [0.2, 0.25) is 0 Å². The molecule has 1 fully saturated rings. The molecule has 2 heterocycles. The third kappa shape index (κ3) is 1.36. The zero-order valence-electron chi connectivity index (χ0n) is 8.87. The Balaban J connectivity index is 2.06. The molecule has 0 aromatic carbocycles. The van der Waals surface area contributed by atoms with Crippen LogP contribution in [0.15, 0.2) is 24.7 Å². The Bertz CT molecular complexity index is 501. The first-order chi connectivity index (χ1) is 7.86. The summed E-state index contributed by atoms with van der Waals surface area (Å²) in [5.41, 5.74) is 6.72. The largest absolute Gasteiger partial charge is 0.383 e. The lowest BCUT2D eigenvalue weighted by Crippen LogP contribution is -2.17. The highest BCUT2D eigenvalue weighted by molar-refractivity contribution is 5.67. The fourth-order valence-electron chi connectivity index (χ4n) is 1.97. The highest BCUT2D eigenvalue weighted by Crippen LogP contribution is 2.35. The number of aromatic nitrogens is 4. The van der Waals surface area contributed by atoms with E-state index in [-0.39, 0.29) is 0 Å². The van der Waals surface area contributed by atoms with Crippen LogP contribution < -0.4 is 5.73 Å². The van der Waals surface area contributed by atoms with Crippen molar-refractivity contribution < 1.29 is 0 Å². The molecule has 0 saturated heterocycles. The molecule has 1 aliphatic carbocycles. The predicted octanol–water partition coefficient (Wildman–Crippen LogP) is 1.65. The van der Waals surface area contributed by atoms with Crippen LogP contribution in [-0.4, -0.2) is 19.7 Å². The van der Waals surface area contributed by atoms with E-state index in [1.807, 2.05) is 12.1 Å². The molecule has 5 heteroatoms. The maximum atomic E-state index is 5.85. The molecule has 0 spiro atoms. The van der Waals surface area contributed by atoms with Crippen LogP contribution >= 0.6 is 0 Å². The molecular weight excluding hydrogens is 202 g/mol. The lowest BCUT2D eigenvalue weighted by Gasteiger charge is -2.27.